The molecule has 0 N–H and O–H groups in total. The Labute approximate surface area is 75.4 Å². The average molecular weight is 185 g/mol. The Morgan fingerprint density at radius 1 is 1.83 bits per heavy atom. The summed E-state index contributed by atoms with van der Waals surface area (Å²) in [6, 6.07) is 0. The fraction of sp³-hybridized carbons (Fsp3) is 0.500. The van der Waals surface area contributed by atoms with Gasteiger partial charge in [-0.25, -0.2) is 0 Å². The molecule has 0 spiro atoms. The van der Waals surface area contributed by atoms with E-state index in [9.17, 15) is 4.79 Å². The predicted octanol–water partition coefficient (Wildman–Crippen LogP) is 1.29. The molecule has 0 saturated carbocycles. The van der Waals surface area contributed by atoms with Crippen molar-refractivity contribution in [1.82, 2.24) is 4.98 Å². The highest BCUT2D eigenvalue weighted by atomic mass is 32.1. The third-order valence-corrected chi connectivity index (χ3v) is 2.42. The third kappa shape index (κ3) is 2.39. The third-order valence-electron chi connectivity index (χ3n) is 1.64. The number of hydrogen-bond donors (Lipinski definition) is 0. The number of carbonyl (C=O) groups excluding carboxylic acids is 1. The highest BCUT2D eigenvalue weighted by Gasteiger charge is 2.12. The van der Waals surface area contributed by atoms with Gasteiger partial charge in [-0.05, 0) is 6.92 Å². The van der Waals surface area contributed by atoms with Gasteiger partial charge in [-0.2, -0.15) is 0 Å². The number of ether oxygens (including phenoxy) is 1. The molecule has 1 heterocycles. The Bertz CT molecular complexity index is 246. The lowest BCUT2D eigenvalue weighted by Crippen LogP contribution is -2.20. The van der Waals surface area contributed by atoms with E-state index in [4.69, 9.17) is 4.74 Å². The number of thiazole rings is 1. The van der Waals surface area contributed by atoms with Gasteiger partial charge in [0.2, 0.25) is 0 Å². The van der Waals surface area contributed by atoms with Crippen LogP contribution in [0.3, 0.4) is 0 Å². The standard InChI is InChI=1S/C8H11NO2S/c1-6(11-2)8(10)3-7-4-9-5-12-7/h4-6H,3H2,1-2H3. The maximum atomic E-state index is 11.3. The van der Waals surface area contributed by atoms with Gasteiger partial charge in [-0.1, -0.05) is 0 Å². The van der Waals surface area contributed by atoms with Gasteiger partial charge in [0.15, 0.2) is 5.78 Å². The monoisotopic (exact) mass is 185 g/mol. The molecule has 1 unspecified atom stereocenters. The first-order valence-corrected chi connectivity index (χ1v) is 4.55. The van der Waals surface area contributed by atoms with Crippen LogP contribution in [0.2, 0.25) is 0 Å². The van der Waals surface area contributed by atoms with Crippen LogP contribution in [0.5, 0.6) is 0 Å². The van der Waals surface area contributed by atoms with Gasteiger partial charge in [-0.15, -0.1) is 11.3 Å². The van der Waals surface area contributed by atoms with Crippen LogP contribution in [0.4, 0.5) is 0 Å². The van der Waals surface area contributed by atoms with Crippen molar-refractivity contribution in [2.24, 2.45) is 0 Å². The van der Waals surface area contributed by atoms with E-state index < -0.39 is 0 Å². The van der Waals surface area contributed by atoms with Crippen LogP contribution in [0.1, 0.15) is 11.8 Å². The molecular formula is C8H11NO2S. The fourth-order valence-corrected chi connectivity index (χ4v) is 1.38. The average Bonchev–Trinajstić information content (AvgIpc) is 2.55. The molecule has 0 aliphatic rings. The van der Waals surface area contributed by atoms with E-state index in [0.717, 1.165) is 4.88 Å². The second-order valence-corrected chi connectivity index (χ2v) is 3.46. The van der Waals surface area contributed by atoms with Crippen molar-refractivity contribution in [3.05, 3.63) is 16.6 Å². The first-order chi connectivity index (χ1) is 5.74. The summed E-state index contributed by atoms with van der Waals surface area (Å²) in [6.45, 7) is 1.75. The second kappa shape index (κ2) is 4.33. The Hall–Kier alpha value is -0.740. The lowest BCUT2D eigenvalue weighted by Gasteiger charge is -2.05. The quantitative estimate of drug-likeness (QED) is 0.709. The normalized spacial score (nSPS) is 12.8. The molecule has 0 fully saturated rings. The van der Waals surface area contributed by atoms with Crippen LogP contribution in [0.15, 0.2) is 11.7 Å². The number of methoxy groups -OCH3 is 1. The summed E-state index contributed by atoms with van der Waals surface area (Å²) in [5, 5.41) is 0. The van der Waals surface area contributed by atoms with Crippen molar-refractivity contribution >= 4 is 17.1 Å². The molecular weight excluding hydrogens is 174 g/mol. The van der Waals surface area contributed by atoms with Crippen LogP contribution in [-0.2, 0) is 16.0 Å². The van der Waals surface area contributed by atoms with Gasteiger partial charge in [0, 0.05) is 24.6 Å². The molecule has 0 saturated heterocycles. The summed E-state index contributed by atoms with van der Waals surface area (Å²) < 4.78 is 4.90. The van der Waals surface area contributed by atoms with Gasteiger partial charge in [0.05, 0.1) is 5.51 Å². The molecule has 3 nitrogen and oxygen atoms in total. The predicted molar refractivity (Wildman–Crippen MR) is 47.3 cm³/mol. The van der Waals surface area contributed by atoms with Crippen molar-refractivity contribution in [3.63, 3.8) is 0 Å². The van der Waals surface area contributed by atoms with Crippen molar-refractivity contribution in [2.75, 3.05) is 7.11 Å². The summed E-state index contributed by atoms with van der Waals surface area (Å²) >= 11 is 1.49. The molecule has 66 valence electrons. The van der Waals surface area contributed by atoms with Crippen LogP contribution in [-0.4, -0.2) is 24.0 Å². The lowest BCUT2D eigenvalue weighted by molar-refractivity contribution is -0.127. The summed E-state index contributed by atoms with van der Waals surface area (Å²) in [5.74, 6) is 0.0988. The van der Waals surface area contributed by atoms with E-state index in [1.165, 1.54) is 18.4 Å². The zero-order chi connectivity index (χ0) is 8.97. The van der Waals surface area contributed by atoms with Gasteiger partial charge in [0.25, 0.3) is 0 Å². The summed E-state index contributed by atoms with van der Waals surface area (Å²) in [7, 11) is 1.54. The molecule has 1 aromatic rings. The molecule has 1 atom stereocenters. The van der Waals surface area contributed by atoms with Gasteiger partial charge in [0.1, 0.15) is 6.10 Å². The smallest absolute Gasteiger partial charge is 0.166 e. The summed E-state index contributed by atoms with van der Waals surface area (Å²) in [5.41, 5.74) is 1.72. The second-order valence-electron chi connectivity index (χ2n) is 2.49. The molecule has 0 aliphatic heterocycles. The number of aromatic nitrogens is 1. The lowest BCUT2D eigenvalue weighted by atomic mass is 10.2. The summed E-state index contributed by atoms with van der Waals surface area (Å²) in [6.07, 6.45) is 1.83. The Morgan fingerprint density at radius 2 is 2.58 bits per heavy atom. The SMILES string of the molecule is COC(C)C(=O)Cc1cncs1. The molecule has 12 heavy (non-hydrogen) atoms. The molecule has 0 radical (unpaired) electrons. The maximum absolute atomic E-state index is 11.3. The number of rotatable bonds is 4. The minimum atomic E-state index is -0.313. The van der Waals surface area contributed by atoms with E-state index in [-0.39, 0.29) is 11.9 Å². The fourth-order valence-electron chi connectivity index (χ4n) is 0.776. The molecule has 0 aromatic carbocycles. The Balaban J connectivity index is 2.47. The topological polar surface area (TPSA) is 39.2 Å². The Kier molecular flexibility index (Phi) is 3.37. The minimum Gasteiger partial charge on any atom is -0.374 e. The van der Waals surface area contributed by atoms with Crippen LogP contribution < -0.4 is 0 Å². The molecule has 1 rings (SSSR count). The van der Waals surface area contributed by atoms with Crippen molar-refractivity contribution in [1.29, 1.82) is 0 Å². The first-order valence-electron chi connectivity index (χ1n) is 3.67. The van der Waals surface area contributed by atoms with E-state index in [2.05, 4.69) is 4.98 Å². The number of carbonyl (C=O) groups is 1. The number of Topliss-reactive ketones (excluding diaryl/α,β-unsaturated/α-hetero) is 1. The maximum Gasteiger partial charge on any atom is 0.166 e. The van der Waals surface area contributed by atoms with Crippen LogP contribution in [0, 0.1) is 0 Å². The zero-order valence-corrected chi connectivity index (χ0v) is 7.93. The van der Waals surface area contributed by atoms with Crippen molar-refractivity contribution < 1.29 is 9.53 Å². The molecule has 0 amide bonds. The van der Waals surface area contributed by atoms with Crippen molar-refractivity contribution in [2.45, 2.75) is 19.4 Å². The van der Waals surface area contributed by atoms with E-state index in [1.807, 2.05) is 0 Å². The number of nitrogens with zero attached hydrogens (tertiary/aromatic N) is 1. The highest BCUT2D eigenvalue weighted by Crippen LogP contribution is 2.08. The zero-order valence-electron chi connectivity index (χ0n) is 7.11. The molecule has 1 aromatic heterocycles. The van der Waals surface area contributed by atoms with Gasteiger partial charge in [-0.3, -0.25) is 9.78 Å². The largest absolute Gasteiger partial charge is 0.374 e. The Morgan fingerprint density at radius 3 is 3.08 bits per heavy atom. The van der Waals surface area contributed by atoms with Gasteiger partial charge >= 0.3 is 0 Å². The van der Waals surface area contributed by atoms with Gasteiger partial charge < -0.3 is 4.74 Å². The van der Waals surface area contributed by atoms with Crippen LogP contribution >= 0.6 is 11.3 Å². The number of hydrogen-bond acceptors (Lipinski definition) is 4. The molecule has 0 aliphatic carbocycles. The molecule has 0 bridgehead atoms. The minimum absolute atomic E-state index is 0.0988. The highest BCUT2D eigenvalue weighted by molar-refractivity contribution is 7.09. The van der Waals surface area contributed by atoms with E-state index >= 15 is 0 Å². The van der Waals surface area contributed by atoms with E-state index in [0.29, 0.717) is 6.42 Å². The van der Waals surface area contributed by atoms with Crippen molar-refractivity contribution in [3.8, 4) is 0 Å². The first kappa shape index (κ1) is 9.35. The van der Waals surface area contributed by atoms with Crippen LogP contribution in [0.25, 0.3) is 0 Å². The molecule has 4 heteroatoms. The van der Waals surface area contributed by atoms with E-state index in [1.54, 1.807) is 18.6 Å². The number of ketones is 1. The summed E-state index contributed by atoms with van der Waals surface area (Å²) in [4.78, 5) is 16.2.